The third-order valence-corrected chi connectivity index (χ3v) is 1.81. The van der Waals surface area contributed by atoms with Crippen LogP contribution in [0.2, 0.25) is 0 Å². The predicted molar refractivity (Wildman–Crippen MR) is 55.6 cm³/mol. The standard InChI is InChI=1S/C8H18O.ClH.Mg.2H/c1-3-5-8(4-2)6-7-9;;;;/h8-9H,3-7H2,1-2H3;1H;;;/q;;+2;2*-1. The van der Waals surface area contributed by atoms with Crippen LogP contribution in [0.25, 0.3) is 0 Å². The van der Waals surface area contributed by atoms with Crippen LogP contribution in [0.15, 0.2) is 0 Å². The van der Waals surface area contributed by atoms with E-state index in [2.05, 4.69) is 13.8 Å². The fourth-order valence-corrected chi connectivity index (χ4v) is 1.14. The largest absolute Gasteiger partial charge is 2.00 e. The van der Waals surface area contributed by atoms with E-state index in [-0.39, 0.29) is 38.3 Å². The summed E-state index contributed by atoms with van der Waals surface area (Å²) in [6, 6.07) is 0. The van der Waals surface area contributed by atoms with Crippen LogP contribution < -0.4 is 0 Å². The van der Waals surface area contributed by atoms with Gasteiger partial charge in [0, 0.05) is 6.61 Å². The van der Waals surface area contributed by atoms with E-state index in [1.807, 2.05) is 0 Å². The Hall–Kier alpha value is 1.02. The summed E-state index contributed by atoms with van der Waals surface area (Å²) >= 11 is 0. The third kappa shape index (κ3) is 11.0. The Balaban J connectivity index is -0.0000000533. The first-order chi connectivity index (χ1) is 4.35. The van der Waals surface area contributed by atoms with Crippen LogP contribution in [0.4, 0.5) is 0 Å². The molecule has 11 heavy (non-hydrogen) atoms. The maximum atomic E-state index is 8.59. The van der Waals surface area contributed by atoms with Crippen LogP contribution in [0.3, 0.4) is 0 Å². The molecule has 0 aromatic carbocycles. The normalized spacial score (nSPS) is 11.2. The topological polar surface area (TPSA) is 20.2 Å². The van der Waals surface area contributed by atoms with E-state index in [0.717, 1.165) is 12.3 Å². The van der Waals surface area contributed by atoms with Gasteiger partial charge in [-0.05, 0) is 12.3 Å². The van der Waals surface area contributed by atoms with Gasteiger partial charge in [-0.25, -0.2) is 0 Å². The van der Waals surface area contributed by atoms with Crippen LogP contribution in [0.1, 0.15) is 42.4 Å². The smallest absolute Gasteiger partial charge is 1.00 e. The number of aliphatic hydroxyl groups excluding tert-OH is 1. The SMILES string of the molecule is CCCC(CC)CCO.Cl.[H-].[H-].[Mg+2]. The van der Waals surface area contributed by atoms with Gasteiger partial charge >= 0.3 is 23.1 Å². The van der Waals surface area contributed by atoms with E-state index in [4.69, 9.17) is 5.11 Å². The van der Waals surface area contributed by atoms with Gasteiger partial charge < -0.3 is 7.96 Å². The van der Waals surface area contributed by atoms with Crippen molar-refractivity contribution in [3.05, 3.63) is 0 Å². The van der Waals surface area contributed by atoms with Gasteiger partial charge in [-0.2, -0.15) is 0 Å². The van der Waals surface area contributed by atoms with Crippen molar-refractivity contribution >= 4 is 35.5 Å². The molecule has 0 radical (unpaired) electrons. The maximum absolute atomic E-state index is 8.59. The Morgan fingerprint density at radius 2 is 1.82 bits per heavy atom. The fourth-order valence-electron chi connectivity index (χ4n) is 1.14. The Bertz CT molecular complexity index is 64.1. The second kappa shape index (κ2) is 13.6. The van der Waals surface area contributed by atoms with Crippen LogP contribution in [-0.4, -0.2) is 34.8 Å². The number of hydrogen-bond acceptors (Lipinski definition) is 1. The summed E-state index contributed by atoms with van der Waals surface area (Å²) in [7, 11) is 0. The maximum Gasteiger partial charge on any atom is 2.00 e. The molecule has 0 aliphatic rings. The van der Waals surface area contributed by atoms with E-state index < -0.39 is 0 Å². The average Bonchev–Trinajstić information content (AvgIpc) is 1.88. The van der Waals surface area contributed by atoms with Crippen LogP contribution in [-0.2, 0) is 0 Å². The van der Waals surface area contributed by atoms with Gasteiger partial charge in [0.25, 0.3) is 0 Å². The molecular weight excluding hydrogens is 172 g/mol. The molecule has 1 unspecified atom stereocenters. The average molecular weight is 193 g/mol. The van der Waals surface area contributed by atoms with Gasteiger partial charge in [-0.1, -0.05) is 33.1 Å². The van der Waals surface area contributed by atoms with Gasteiger partial charge in [0.05, 0.1) is 0 Å². The van der Waals surface area contributed by atoms with Crippen LogP contribution in [0, 0.1) is 5.92 Å². The molecule has 68 valence electrons. The Kier molecular flexibility index (Phi) is 22.2. The van der Waals surface area contributed by atoms with Crippen LogP contribution >= 0.6 is 12.4 Å². The molecule has 1 atom stereocenters. The molecule has 0 aromatic rings. The quantitative estimate of drug-likeness (QED) is 0.665. The zero-order chi connectivity index (χ0) is 7.11. The first kappa shape index (κ1) is 17.9. The Morgan fingerprint density at radius 3 is 2.09 bits per heavy atom. The third-order valence-electron chi connectivity index (χ3n) is 1.81. The van der Waals surface area contributed by atoms with Gasteiger partial charge in [0.2, 0.25) is 0 Å². The first-order valence-electron chi connectivity index (χ1n) is 3.96. The number of aliphatic hydroxyl groups is 1. The number of halogens is 1. The summed E-state index contributed by atoms with van der Waals surface area (Å²) in [5, 5.41) is 8.59. The molecule has 0 saturated carbocycles. The molecule has 0 aliphatic carbocycles. The summed E-state index contributed by atoms with van der Waals surface area (Å²) in [5.41, 5.74) is 0. The molecule has 0 aromatic heterocycles. The van der Waals surface area contributed by atoms with Crippen molar-refractivity contribution in [1.82, 2.24) is 0 Å². The molecule has 0 aliphatic heterocycles. The van der Waals surface area contributed by atoms with Crippen molar-refractivity contribution in [1.29, 1.82) is 0 Å². The summed E-state index contributed by atoms with van der Waals surface area (Å²) in [4.78, 5) is 0. The van der Waals surface area contributed by atoms with E-state index in [9.17, 15) is 0 Å². The van der Waals surface area contributed by atoms with Crippen molar-refractivity contribution in [2.45, 2.75) is 39.5 Å². The van der Waals surface area contributed by atoms with Gasteiger partial charge in [-0.15, -0.1) is 12.4 Å². The summed E-state index contributed by atoms with van der Waals surface area (Å²) in [6.07, 6.45) is 4.73. The van der Waals surface area contributed by atoms with Gasteiger partial charge in [0.1, 0.15) is 0 Å². The van der Waals surface area contributed by atoms with Crippen molar-refractivity contribution < 1.29 is 7.96 Å². The molecule has 1 nitrogen and oxygen atoms in total. The minimum atomic E-state index is 0. The molecule has 3 heteroatoms. The first-order valence-corrected chi connectivity index (χ1v) is 3.96. The van der Waals surface area contributed by atoms with Gasteiger partial charge in [-0.3, -0.25) is 0 Å². The summed E-state index contributed by atoms with van der Waals surface area (Å²) < 4.78 is 0. The van der Waals surface area contributed by atoms with E-state index in [1.165, 1.54) is 19.3 Å². The monoisotopic (exact) mass is 192 g/mol. The minimum absolute atomic E-state index is 0. The fraction of sp³-hybridized carbons (Fsp3) is 1.00. The van der Waals surface area contributed by atoms with E-state index >= 15 is 0 Å². The zero-order valence-corrected chi connectivity index (χ0v) is 9.91. The molecule has 0 rings (SSSR count). The Morgan fingerprint density at radius 1 is 1.27 bits per heavy atom. The molecular formula is C8H21ClMgO. The zero-order valence-electron chi connectivity index (χ0n) is 9.68. The molecule has 0 bridgehead atoms. The molecule has 0 fully saturated rings. The second-order valence-corrected chi connectivity index (χ2v) is 2.58. The molecule has 1 N–H and O–H groups in total. The van der Waals surface area contributed by atoms with Crippen molar-refractivity contribution in [3.63, 3.8) is 0 Å². The van der Waals surface area contributed by atoms with Crippen molar-refractivity contribution in [2.75, 3.05) is 6.61 Å². The number of hydrogen-bond donors (Lipinski definition) is 1. The Labute approximate surface area is 95.5 Å². The molecule has 0 heterocycles. The van der Waals surface area contributed by atoms with Crippen LogP contribution in [0.5, 0.6) is 0 Å². The molecule has 0 amide bonds. The summed E-state index contributed by atoms with van der Waals surface area (Å²) in [6.45, 7) is 4.74. The van der Waals surface area contributed by atoms with Gasteiger partial charge in [0.15, 0.2) is 0 Å². The van der Waals surface area contributed by atoms with E-state index in [1.54, 1.807) is 0 Å². The predicted octanol–water partition coefficient (Wildman–Crippen LogP) is 2.46. The van der Waals surface area contributed by atoms with E-state index in [0.29, 0.717) is 6.61 Å². The summed E-state index contributed by atoms with van der Waals surface area (Å²) in [5.74, 6) is 0.764. The molecule has 0 spiro atoms. The second-order valence-electron chi connectivity index (χ2n) is 2.58. The van der Waals surface area contributed by atoms with Crippen molar-refractivity contribution in [3.8, 4) is 0 Å². The number of rotatable bonds is 5. The van der Waals surface area contributed by atoms with Crippen molar-refractivity contribution in [2.24, 2.45) is 5.92 Å². The minimum Gasteiger partial charge on any atom is -1.00 e. The molecule has 0 saturated heterocycles.